The SMILES string of the molecule is CCOc1cc([C@@H]2NC(=O)NC(C)=C2C(=O)OC)ccc1OC[C@@H](O)N/N=C\c1cc(Br)c(O)c(OCC)c1. The van der Waals surface area contributed by atoms with Gasteiger partial charge in [-0.25, -0.2) is 9.59 Å². The highest BCUT2D eigenvalue weighted by Gasteiger charge is 2.32. The van der Waals surface area contributed by atoms with E-state index in [0.717, 1.165) is 0 Å². The summed E-state index contributed by atoms with van der Waals surface area (Å²) in [5.74, 6) is 0.415. The standard InChI is InChI=1S/C26H31BrN4O8/c1-5-37-19-11-16(23-22(25(34)36-4)14(3)29-26(35)30-23)7-8-18(19)39-13-21(32)31-28-12-15-9-17(27)24(33)20(10-15)38-6-2/h7-12,21,23,31-33H,5-6,13H2,1-4H3,(H2,29,30,35)/b28-12-/t21-,23+/m1/s1. The number of esters is 1. The van der Waals surface area contributed by atoms with Gasteiger partial charge in [-0.05, 0) is 72.1 Å². The number of methoxy groups -OCH3 is 1. The Morgan fingerprint density at radius 1 is 1.15 bits per heavy atom. The van der Waals surface area contributed by atoms with Crippen LogP contribution in [0.3, 0.4) is 0 Å². The predicted molar refractivity (Wildman–Crippen MR) is 146 cm³/mol. The lowest BCUT2D eigenvalue weighted by Crippen LogP contribution is -2.45. The van der Waals surface area contributed by atoms with Gasteiger partial charge in [0.2, 0.25) is 0 Å². The van der Waals surface area contributed by atoms with Crippen LogP contribution in [0.15, 0.2) is 51.2 Å². The summed E-state index contributed by atoms with van der Waals surface area (Å²) in [5, 5.41) is 29.7. The maximum absolute atomic E-state index is 12.4. The zero-order chi connectivity index (χ0) is 28.5. The second kappa shape index (κ2) is 13.7. The Kier molecular flexibility index (Phi) is 10.4. The van der Waals surface area contributed by atoms with Crippen LogP contribution in [0.4, 0.5) is 4.79 Å². The lowest BCUT2D eigenvalue weighted by Gasteiger charge is -2.28. The monoisotopic (exact) mass is 606 g/mol. The number of allylic oxidation sites excluding steroid dienone is 1. The van der Waals surface area contributed by atoms with E-state index in [2.05, 4.69) is 37.1 Å². The number of ether oxygens (including phenoxy) is 4. The minimum atomic E-state index is -1.16. The average molecular weight is 607 g/mol. The zero-order valence-electron chi connectivity index (χ0n) is 21.9. The number of nitrogens with zero attached hydrogens (tertiary/aromatic N) is 1. The van der Waals surface area contributed by atoms with Crippen LogP contribution >= 0.6 is 15.9 Å². The highest BCUT2D eigenvalue weighted by atomic mass is 79.9. The van der Waals surface area contributed by atoms with Crippen molar-refractivity contribution in [3.8, 4) is 23.0 Å². The summed E-state index contributed by atoms with van der Waals surface area (Å²) < 4.78 is 22.2. The number of aromatic hydroxyl groups is 1. The topological polar surface area (TPSA) is 160 Å². The van der Waals surface area contributed by atoms with Gasteiger partial charge >= 0.3 is 12.0 Å². The van der Waals surface area contributed by atoms with Crippen LogP contribution in [0.1, 0.15) is 37.9 Å². The molecule has 12 nitrogen and oxygen atoms in total. The number of aliphatic hydroxyl groups is 1. The summed E-state index contributed by atoms with van der Waals surface area (Å²) in [6, 6.07) is 7.01. The van der Waals surface area contributed by atoms with E-state index < -0.39 is 24.3 Å². The lowest BCUT2D eigenvalue weighted by molar-refractivity contribution is -0.136. The molecule has 0 saturated heterocycles. The Bertz CT molecular complexity index is 1270. The van der Waals surface area contributed by atoms with Crippen molar-refractivity contribution in [1.82, 2.24) is 16.1 Å². The van der Waals surface area contributed by atoms with E-state index in [-0.39, 0.29) is 17.9 Å². The lowest BCUT2D eigenvalue weighted by atomic mass is 9.95. The molecule has 1 aliphatic heterocycles. The molecule has 5 N–H and O–H groups in total. The third-order valence-electron chi connectivity index (χ3n) is 5.46. The molecule has 2 aromatic carbocycles. The summed E-state index contributed by atoms with van der Waals surface area (Å²) in [5.41, 5.74) is 4.42. The van der Waals surface area contributed by atoms with Crippen LogP contribution in [0, 0.1) is 0 Å². The maximum atomic E-state index is 12.4. The van der Waals surface area contributed by atoms with Crippen LogP contribution in [-0.4, -0.2) is 61.6 Å². The van der Waals surface area contributed by atoms with E-state index in [9.17, 15) is 19.8 Å². The Hall–Kier alpha value is -3.97. The van der Waals surface area contributed by atoms with Crippen molar-refractivity contribution >= 4 is 34.1 Å². The van der Waals surface area contributed by atoms with Crippen LogP contribution in [0.2, 0.25) is 0 Å². The minimum absolute atomic E-state index is 0.0123. The Balaban J connectivity index is 1.70. The summed E-state index contributed by atoms with van der Waals surface area (Å²) in [4.78, 5) is 24.5. The van der Waals surface area contributed by atoms with Gasteiger partial charge in [-0.1, -0.05) is 6.07 Å². The number of hydrogen-bond donors (Lipinski definition) is 5. The molecule has 3 rings (SSSR count). The van der Waals surface area contributed by atoms with Gasteiger partial charge in [0.25, 0.3) is 0 Å². The normalized spacial score (nSPS) is 15.8. The number of halogens is 1. The number of hydrogen-bond acceptors (Lipinski definition) is 10. The van der Waals surface area contributed by atoms with Gasteiger partial charge in [0.1, 0.15) is 6.61 Å². The second-order valence-corrected chi connectivity index (χ2v) is 9.05. The molecule has 1 aliphatic rings. The summed E-state index contributed by atoms with van der Waals surface area (Å²) in [7, 11) is 1.27. The molecular formula is C26H31BrN4O8. The first kappa shape index (κ1) is 29.6. The van der Waals surface area contributed by atoms with Gasteiger partial charge in [0.05, 0.1) is 42.6 Å². The van der Waals surface area contributed by atoms with Crippen LogP contribution < -0.4 is 30.3 Å². The number of aliphatic hydroxyl groups excluding tert-OH is 1. The molecule has 0 radical (unpaired) electrons. The van der Waals surface area contributed by atoms with Gasteiger partial charge in [0, 0.05) is 5.70 Å². The van der Waals surface area contributed by atoms with Crippen molar-refractivity contribution in [2.24, 2.45) is 5.10 Å². The average Bonchev–Trinajstić information content (AvgIpc) is 2.90. The maximum Gasteiger partial charge on any atom is 0.337 e. The number of amides is 2. The first-order valence-electron chi connectivity index (χ1n) is 12.1. The van der Waals surface area contributed by atoms with E-state index in [0.29, 0.717) is 51.8 Å². The van der Waals surface area contributed by atoms with Crippen molar-refractivity contribution < 1.29 is 38.7 Å². The number of carbonyl (C=O) groups excluding carboxylic acids is 2. The van der Waals surface area contributed by atoms with Crippen molar-refractivity contribution in [3.05, 3.63) is 57.2 Å². The highest BCUT2D eigenvalue weighted by molar-refractivity contribution is 9.10. The number of nitrogens with one attached hydrogen (secondary N) is 3. The molecule has 0 aromatic heterocycles. The fourth-order valence-corrected chi connectivity index (χ4v) is 4.21. The molecule has 1 heterocycles. The van der Waals surface area contributed by atoms with E-state index >= 15 is 0 Å². The quantitative estimate of drug-likeness (QED) is 0.106. The van der Waals surface area contributed by atoms with Crippen molar-refractivity contribution in [2.45, 2.75) is 33.0 Å². The third kappa shape index (κ3) is 7.54. The molecule has 39 heavy (non-hydrogen) atoms. The second-order valence-electron chi connectivity index (χ2n) is 8.20. The molecule has 2 atom stereocenters. The minimum Gasteiger partial charge on any atom is -0.503 e. The molecule has 2 aromatic rings. The fourth-order valence-electron chi connectivity index (χ4n) is 3.75. The highest BCUT2D eigenvalue weighted by Crippen LogP contribution is 2.36. The zero-order valence-corrected chi connectivity index (χ0v) is 23.5. The first-order valence-corrected chi connectivity index (χ1v) is 12.9. The molecule has 13 heteroatoms. The molecule has 2 amide bonds. The number of phenolic OH excluding ortho intramolecular Hbond substituents is 1. The van der Waals surface area contributed by atoms with E-state index in [1.165, 1.54) is 13.3 Å². The number of phenols is 1. The van der Waals surface area contributed by atoms with Crippen LogP contribution in [0.5, 0.6) is 23.0 Å². The fraction of sp³-hybridized carbons (Fsp3) is 0.346. The summed E-state index contributed by atoms with van der Waals surface area (Å²) in [6.07, 6.45) is 0.292. The molecule has 0 fully saturated rings. The molecule has 0 aliphatic carbocycles. The Morgan fingerprint density at radius 2 is 1.87 bits per heavy atom. The molecule has 210 valence electrons. The Labute approximate surface area is 234 Å². The van der Waals surface area contributed by atoms with E-state index in [1.807, 2.05) is 0 Å². The van der Waals surface area contributed by atoms with E-state index in [4.69, 9.17) is 18.9 Å². The van der Waals surface area contributed by atoms with Crippen LogP contribution in [-0.2, 0) is 9.53 Å². The third-order valence-corrected chi connectivity index (χ3v) is 6.06. The number of benzene rings is 2. The van der Waals surface area contributed by atoms with E-state index in [1.54, 1.807) is 51.1 Å². The molecular weight excluding hydrogens is 576 g/mol. The largest absolute Gasteiger partial charge is 0.503 e. The van der Waals surface area contributed by atoms with Gasteiger partial charge in [-0.3, -0.25) is 5.43 Å². The van der Waals surface area contributed by atoms with Crippen LogP contribution in [0.25, 0.3) is 0 Å². The van der Waals surface area contributed by atoms with Gasteiger partial charge in [-0.2, -0.15) is 5.10 Å². The molecule has 0 unspecified atom stereocenters. The summed E-state index contributed by atoms with van der Waals surface area (Å²) >= 11 is 3.27. The van der Waals surface area contributed by atoms with Crippen molar-refractivity contribution in [1.29, 1.82) is 0 Å². The van der Waals surface area contributed by atoms with Crippen molar-refractivity contribution in [2.75, 3.05) is 26.9 Å². The predicted octanol–water partition coefficient (Wildman–Crippen LogP) is 3.07. The smallest absolute Gasteiger partial charge is 0.337 e. The van der Waals surface area contributed by atoms with Gasteiger partial charge in [0.15, 0.2) is 29.2 Å². The number of urea groups is 1. The van der Waals surface area contributed by atoms with Gasteiger partial charge in [-0.15, -0.1) is 0 Å². The summed E-state index contributed by atoms with van der Waals surface area (Å²) in [6.45, 7) is 5.77. The number of rotatable bonds is 12. The van der Waals surface area contributed by atoms with Crippen molar-refractivity contribution in [3.63, 3.8) is 0 Å². The molecule has 0 bridgehead atoms. The first-order chi connectivity index (χ1) is 18.7. The molecule has 0 spiro atoms. The Morgan fingerprint density at radius 3 is 2.56 bits per heavy atom. The number of carbonyl (C=O) groups is 2. The van der Waals surface area contributed by atoms with Gasteiger partial charge < -0.3 is 39.8 Å². The number of hydrazone groups is 1. The molecule has 0 saturated carbocycles.